The molecule has 0 fully saturated rings. The largest absolute Gasteiger partial charge is 0.478 e. The van der Waals surface area contributed by atoms with Gasteiger partial charge in [-0.05, 0) is 36.6 Å². The summed E-state index contributed by atoms with van der Waals surface area (Å²) < 4.78 is 80.6. The van der Waals surface area contributed by atoms with Crippen LogP contribution in [-0.4, -0.2) is 24.2 Å². The van der Waals surface area contributed by atoms with Gasteiger partial charge in [-0.15, -0.1) is 0 Å². The Morgan fingerprint density at radius 1 is 0.897 bits per heavy atom. The van der Waals surface area contributed by atoms with Crippen LogP contribution in [0.1, 0.15) is 51.4 Å². The first-order valence-corrected chi connectivity index (χ1v) is 14.4. The summed E-state index contributed by atoms with van der Waals surface area (Å²) in [5, 5.41) is 0.396. The average molecular weight is 576 g/mol. The Hall–Kier alpha value is -3.41. The monoisotopic (exact) mass is 575 g/mol. The highest BCUT2D eigenvalue weighted by Crippen LogP contribution is 3.02. The number of aromatic nitrogens is 1. The van der Waals surface area contributed by atoms with Gasteiger partial charge < -0.3 is 13.9 Å². The topological polar surface area (TPSA) is 78.6 Å². The van der Waals surface area contributed by atoms with Crippen LogP contribution in [0.25, 0.3) is 22.1 Å². The zero-order valence-corrected chi connectivity index (χ0v) is 22.0. The minimum absolute atomic E-state index is 0.00518. The third-order valence-electron chi connectivity index (χ3n) is 5.90. The second-order valence-corrected chi connectivity index (χ2v) is 11.5. The van der Waals surface area contributed by atoms with Crippen LogP contribution < -0.4 is 10.4 Å². The van der Waals surface area contributed by atoms with E-state index in [0.717, 1.165) is 69.6 Å². The molecule has 6 nitrogen and oxygen atoms in total. The number of nitrogens with zero attached hydrogens (tertiary/aromatic N) is 1. The fraction of sp³-hybridized carbons (Fsp3) is 0.370. The Morgan fingerprint density at radius 2 is 1.49 bits per heavy atom. The molecule has 0 aliphatic rings. The number of benzene rings is 1. The third kappa shape index (κ3) is 9.38. The summed E-state index contributed by atoms with van der Waals surface area (Å²) in [5.74, 6) is -0.137. The molecule has 39 heavy (non-hydrogen) atoms. The summed E-state index contributed by atoms with van der Waals surface area (Å²) in [4.78, 5) is 25.5. The van der Waals surface area contributed by atoms with Gasteiger partial charge in [0.15, 0.2) is 0 Å². The maximum absolute atomic E-state index is 12.9. The first kappa shape index (κ1) is 30.1. The van der Waals surface area contributed by atoms with E-state index in [0.29, 0.717) is 18.6 Å². The first-order valence-electron chi connectivity index (χ1n) is 12.5. The van der Waals surface area contributed by atoms with Crippen LogP contribution in [0.15, 0.2) is 69.4 Å². The molecule has 3 rings (SSSR count). The van der Waals surface area contributed by atoms with Crippen LogP contribution in [0.2, 0.25) is 0 Å². The lowest BCUT2D eigenvalue weighted by atomic mass is 10.1. The van der Waals surface area contributed by atoms with Crippen molar-refractivity contribution < 1.29 is 38.1 Å². The highest BCUT2D eigenvalue weighted by molar-refractivity contribution is 8.45. The van der Waals surface area contributed by atoms with Gasteiger partial charge in [0.1, 0.15) is 10.5 Å². The maximum atomic E-state index is 12.9. The molecule has 0 unspecified atom stereocenters. The van der Waals surface area contributed by atoms with Crippen LogP contribution in [0.4, 0.5) is 19.4 Å². The lowest BCUT2D eigenvalue weighted by Crippen LogP contribution is -2.07. The quantitative estimate of drug-likeness (QED) is 0.0780. The van der Waals surface area contributed by atoms with Gasteiger partial charge in [-0.3, -0.25) is 0 Å². The molecule has 3 aromatic rings. The molecule has 0 aliphatic heterocycles. The number of carbonyl (C=O) groups excluding carboxylic acids is 1. The predicted octanol–water partition coefficient (Wildman–Crippen LogP) is 8.74. The molecule has 0 aliphatic carbocycles. The fourth-order valence-corrected chi connectivity index (χ4v) is 4.49. The molecule has 214 valence electrons. The van der Waals surface area contributed by atoms with Crippen molar-refractivity contribution in [2.24, 2.45) is 0 Å². The number of carbonyl (C=O) groups is 1. The van der Waals surface area contributed by atoms with E-state index in [1.165, 1.54) is 18.3 Å². The van der Waals surface area contributed by atoms with Crippen LogP contribution >= 0.6 is 10.2 Å². The van der Waals surface area contributed by atoms with Crippen molar-refractivity contribution in [1.82, 2.24) is 4.98 Å². The number of fused-ring (bicyclic) bond motifs is 1. The van der Waals surface area contributed by atoms with Gasteiger partial charge in [0, 0.05) is 23.7 Å². The molecule has 0 amide bonds. The number of hydrogen-bond donors (Lipinski definition) is 0. The van der Waals surface area contributed by atoms with Crippen LogP contribution in [-0.2, 0) is 9.53 Å². The normalized spacial score (nSPS) is 13.5. The Bertz CT molecular complexity index is 1360. The molecule has 1 aromatic carbocycles. The Labute approximate surface area is 222 Å². The van der Waals surface area contributed by atoms with E-state index < -0.39 is 26.7 Å². The fourth-order valence-electron chi connectivity index (χ4n) is 3.84. The van der Waals surface area contributed by atoms with E-state index in [9.17, 15) is 29.0 Å². The standard InChI is InChI=1S/C27H30F5NO5S/c1-2-26(34)37-16-10-8-6-4-3-5-7-9-15-36-25-18-24-21(19-33-25)17-23(27(35)38-24)20-11-13-22(14-12-20)39(28,29,30,31)32/h2,11-14,17-19H,1,3-10,15-16H2. The summed E-state index contributed by atoms with van der Waals surface area (Å²) in [6.45, 7) is 4.18. The van der Waals surface area contributed by atoms with Crippen molar-refractivity contribution in [3.05, 3.63) is 65.7 Å². The Kier molecular flexibility index (Phi) is 9.09. The molecule has 0 saturated heterocycles. The molecule has 0 N–H and O–H groups in total. The molecule has 12 heteroatoms. The molecule has 0 atom stereocenters. The maximum Gasteiger partial charge on any atom is 0.344 e. The highest BCUT2D eigenvalue weighted by atomic mass is 32.5. The van der Waals surface area contributed by atoms with Gasteiger partial charge in [0.05, 0.1) is 18.8 Å². The van der Waals surface area contributed by atoms with E-state index in [-0.39, 0.29) is 34.7 Å². The summed E-state index contributed by atoms with van der Waals surface area (Å²) in [7, 11) is -9.81. The number of pyridine rings is 1. The molecule has 2 heterocycles. The molecule has 0 bridgehead atoms. The number of unbranched alkanes of at least 4 members (excludes halogenated alkanes) is 7. The van der Waals surface area contributed by atoms with Crippen molar-refractivity contribution in [3.8, 4) is 17.0 Å². The minimum atomic E-state index is -9.81. The van der Waals surface area contributed by atoms with Crippen LogP contribution in [0.5, 0.6) is 5.88 Å². The van der Waals surface area contributed by atoms with Crippen molar-refractivity contribution in [2.45, 2.75) is 56.3 Å². The van der Waals surface area contributed by atoms with Crippen molar-refractivity contribution >= 4 is 27.2 Å². The zero-order valence-electron chi connectivity index (χ0n) is 21.2. The average Bonchev–Trinajstić information content (AvgIpc) is 2.87. The van der Waals surface area contributed by atoms with Crippen LogP contribution in [0, 0.1) is 0 Å². The second-order valence-electron chi connectivity index (χ2n) is 9.05. The highest BCUT2D eigenvalue weighted by Gasteiger charge is 2.65. The van der Waals surface area contributed by atoms with Gasteiger partial charge in [-0.25, -0.2) is 14.6 Å². The van der Waals surface area contributed by atoms with Crippen molar-refractivity contribution in [2.75, 3.05) is 13.2 Å². The summed E-state index contributed by atoms with van der Waals surface area (Å²) in [5.41, 5.74) is -0.734. The summed E-state index contributed by atoms with van der Waals surface area (Å²) in [6.07, 6.45) is 10.5. The molecular formula is C27H30F5NO5S. The summed E-state index contributed by atoms with van der Waals surface area (Å²) in [6, 6.07) is 4.94. The number of esters is 1. The minimum Gasteiger partial charge on any atom is -0.478 e. The van der Waals surface area contributed by atoms with E-state index >= 15 is 0 Å². The van der Waals surface area contributed by atoms with Gasteiger partial charge in [0.25, 0.3) is 0 Å². The van der Waals surface area contributed by atoms with Crippen LogP contribution in [0.3, 0.4) is 0 Å². The van der Waals surface area contributed by atoms with E-state index in [2.05, 4.69) is 11.6 Å². The van der Waals surface area contributed by atoms with E-state index in [1.807, 2.05) is 0 Å². The predicted molar refractivity (Wildman–Crippen MR) is 141 cm³/mol. The lowest BCUT2D eigenvalue weighted by molar-refractivity contribution is -0.137. The van der Waals surface area contributed by atoms with Crippen molar-refractivity contribution in [3.63, 3.8) is 0 Å². The Morgan fingerprint density at radius 3 is 2.08 bits per heavy atom. The third-order valence-corrected chi connectivity index (χ3v) is 7.07. The zero-order chi connectivity index (χ0) is 28.6. The first-order chi connectivity index (χ1) is 18.3. The van der Waals surface area contributed by atoms with Gasteiger partial charge in [0.2, 0.25) is 5.88 Å². The Balaban J connectivity index is 1.44. The molecule has 0 radical (unpaired) electrons. The number of ether oxygens (including phenoxy) is 2. The van der Waals surface area contributed by atoms with E-state index in [4.69, 9.17) is 13.9 Å². The smallest absolute Gasteiger partial charge is 0.344 e. The van der Waals surface area contributed by atoms with Gasteiger partial charge >= 0.3 is 21.8 Å². The summed E-state index contributed by atoms with van der Waals surface area (Å²) >= 11 is 0. The molecular weight excluding hydrogens is 545 g/mol. The number of hydrogen-bond acceptors (Lipinski definition) is 6. The van der Waals surface area contributed by atoms with Gasteiger partial charge in [-0.2, -0.15) is 0 Å². The van der Waals surface area contributed by atoms with Crippen molar-refractivity contribution in [1.29, 1.82) is 0 Å². The second kappa shape index (κ2) is 11.8. The number of rotatable bonds is 15. The van der Waals surface area contributed by atoms with E-state index in [1.54, 1.807) is 0 Å². The SMILES string of the molecule is C=CC(=O)OCCCCCCCCCCOc1cc2oc(=O)c(-c3ccc(S(F)(F)(F)(F)F)cc3)cc2cn1. The molecule has 0 spiro atoms. The molecule has 0 saturated carbocycles. The number of halogens is 5. The molecule has 2 aromatic heterocycles. The lowest BCUT2D eigenvalue weighted by Gasteiger charge is -2.40. The van der Waals surface area contributed by atoms with Gasteiger partial charge in [-0.1, -0.05) is 76.7 Å².